The second-order valence-corrected chi connectivity index (χ2v) is 10.7. The molecule has 1 amide bonds. The molecule has 1 aliphatic carbocycles. The number of fused-ring (bicyclic) bond motifs is 2. The number of carbonyl (C=O) groups is 1. The highest BCUT2D eigenvalue weighted by molar-refractivity contribution is 9.10. The quantitative estimate of drug-likeness (QED) is 0.429. The third kappa shape index (κ3) is 4.74. The van der Waals surface area contributed by atoms with Crippen molar-refractivity contribution < 1.29 is 4.79 Å². The fourth-order valence-corrected chi connectivity index (χ4v) is 6.48. The number of nitrogens with one attached hydrogen (secondary N) is 1. The van der Waals surface area contributed by atoms with E-state index in [4.69, 9.17) is 16.6 Å². The maximum Gasteiger partial charge on any atom is 0.237 e. The first-order chi connectivity index (χ1) is 16.0. The lowest BCUT2D eigenvalue weighted by molar-refractivity contribution is -0.126. The number of benzene rings is 1. The topological polar surface area (TPSA) is 58.1 Å². The van der Waals surface area contributed by atoms with Gasteiger partial charge in [-0.05, 0) is 88.1 Å². The van der Waals surface area contributed by atoms with Crippen LogP contribution in [0.1, 0.15) is 46.8 Å². The number of aromatic nitrogens is 2. The number of pyridine rings is 2. The summed E-state index contributed by atoms with van der Waals surface area (Å²) in [4.78, 5) is 24.7. The summed E-state index contributed by atoms with van der Waals surface area (Å²) in [5.74, 6) is 0.0471. The van der Waals surface area contributed by atoms with Gasteiger partial charge in [-0.3, -0.25) is 19.7 Å². The van der Waals surface area contributed by atoms with Gasteiger partial charge in [0, 0.05) is 45.6 Å². The van der Waals surface area contributed by atoms with E-state index in [1.54, 1.807) is 12.4 Å². The molecule has 5 rings (SSSR count). The summed E-state index contributed by atoms with van der Waals surface area (Å²) >= 11 is 13.8. The summed E-state index contributed by atoms with van der Waals surface area (Å²) in [5.41, 5.74) is 5.58. The Bertz CT molecular complexity index is 1190. The predicted octanol–water partition coefficient (Wildman–Crippen LogP) is 5.62. The maximum absolute atomic E-state index is 13.3. The van der Waals surface area contributed by atoms with Gasteiger partial charge in [0.1, 0.15) is 0 Å². The van der Waals surface area contributed by atoms with Crippen LogP contribution in [0.3, 0.4) is 0 Å². The fourth-order valence-electron chi connectivity index (χ4n) is 5.01. The molecule has 5 nitrogen and oxygen atoms in total. The van der Waals surface area contributed by atoms with Gasteiger partial charge in [-0.25, -0.2) is 0 Å². The molecular formula is C25H23Br2ClN4O. The van der Waals surface area contributed by atoms with Crippen LogP contribution in [0.5, 0.6) is 0 Å². The van der Waals surface area contributed by atoms with Crippen LogP contribution >= 0.6 is 43.5 Å². The van der Waals surface area contributed by atoms with Crippen molar-refractivity contribution in [3.05, 3.63) is 90.8 Å². The first-order valence-electron chi connectivity index (χ1n) is 11.1. The van der Waals surface area contributed by atoms with Crippen molar-refractivity contribution in [1.29, 1.82) is 0 Å². The monoisotopic (exact) mass is 588 g/mol. The molecule has 2 atom stereocenters. The zero-order valence-electron chi connectivity index (χ0n) is 17.9. The van der Waals surface area contributed by atoms with Crippen molar-refractivity contribution in [2.24, 2.45) is 0 Å². The average molecular weight is 591 g/mol. The van der Waals surface area contributed by atoms with Crippen LogP contribution in [-0.2, 0) is 24.2 Å². The number of likely N-dealkylation sites (tertiary alicyclic amines) is 1. The Morgan fingerprint density at radius 3 is 2.85 bits per heavy atom. The van der Waals surface area contributed by atoms with Crippen molar-refractivity contribution in [3.63, 3.8) is 0 Å². The normalized spacial score (nSPS) is 20.1. The standard InChI is InChI=1S/C25H23Br2ClN4O/c26-18-9-17-6-5-16-10-19(28)11-20(27)22(16)24(23(17)30-14-18)32-8-2-4-21(32)25(33)31-13-15-3-1-7-29-12-15/h1,3,7,9-12,14,21,24H,2,4-6,8,13H2,(H,31,33)/t21-,24?/m0/s1. The molecule has 2 aromatic heterocycles. The molecule has 1 aliphatic heterocycles. The molecule has 1 N–H and O–H groups in total. The van der Waals surface area contributed by atoms with E-state index in [2.05, 4.69) is 59.2 Å². The number of hydrogen-bond donors (Lipinski definition) is 1. The van der Waals surface area contributed by atoms with E-state index in [0.717, 1.165) is 52.4 Å². The summed E-state index contributed by atoms with van der Waals surface area (Å²) in [6, 6.07) is 9.68. The van der Waals surface area contributed by atoms with Crippen molar-refractivity contribution in [2.45, 2.75) is 44.3 Å². The third-order valence-electron chi connectivity index (χ3n) is 6.46. The molecule has 0 spiro atoms. The number of amides is 1. The number of hydrogen-bond acceptors (Lipinski definition) is 4. The molecule has 8 heteroatoms. The Balaban J connectivity index is 1.52. The van der Waals surface area contributed by atoms with E-state index < -0.39 is 0 Å². The Morgan fingerprint density at radius 1 is 1.18 bits per heavy atom. The number of rotatable bonds is 4. The molecule has 0 radical (unpaired) electrons. The summed E-state index contributed by atoms with van der Waals surface area (Å²) in [6.45, 7) is 1.31. The van der Waals surface area contributed by atoms with Crippen LogP contribution in [-0.4, -0.2) is 33.4 Å². The molecular weight excluding hydrogens is 568 g/mol. The molecule has 33 heavy (non-hydrogen) atoms. The average Bonchev–Trinajstić information content (AvgIpc) is 3.23. The van der Waals surface area contributed by atoms with Crippen molar-refractivity contribution >= 4 is 49.4 Å². The second kappa shape index (κ2) is 9.82. The zero-order valence-corrected chi connectivity index (χ0v) is 21.8. The van der Waals surface area contributed by atoms with Gasteiger partial charge in [-0.2, -0.15) is 0 Å². The van der Waals surface area contributed by atoms with E-state index in [1.165, 1.54) is 16.7 Å². The summed E-state index contributed by atoms with van der Waals surface area (Å²) in [7, 11) is 0. The molecule has 1 fully saturated rings. The smallest absolute Gasteiger partial charge is 0.237 e. The molecule has 1 saturated heterocycles. The van der Waals surface area contributed by atoms with Crippen LogP contribution in [0.25, 0.3) is 0 Å². The highest BCUT2D eigenvalue weighted by atomic mass is 79.9. The van der Waals surface area contributed by atoms with Gasteiger partial charge >= 0.3 is 0 Å². The molecule has 170 valence electrons. The van der Waals surface area contributed by atoms with Crippen LogP contribution in [0.4, 0.5) is 0 Å². The minimum Gasteiger partial charge on any atom is -0.351 e. The van der Waals surface area contributed by atoms with E-state index >= 15 is 0 Å². The van der Waals surface area contributed by atoms with Gasteiger partial charge in [0.25, 0.3) is 0 Å². The van der Waals surface area contributed by atoms with E-state index in [-0.39, 0.29) is 18.0 Å². The minimum atomic E-state index is -0.224. The molecule has 3 heterocycles. The van der Waals surface area contributed by atoms with Gasteiger partial charge in [0.15, 0.2) is 0 Å². The number of halogens is 3. The Kier molecular flexibility index (Phi) is 6.84. The van der Waals surface area contributed by atoms with E-state index in [1.807, 2.05) is 24.4 Å². The van der Waals surface area contributed by atoms with Crippen molar-refractivity contribution in [1.82, 2.24) is 20.2 Å². The van der Waals surface area contributed by atoms with Crippen molar-refractivity contribution in [3.8, 4) is 0 Å². The highest BCUT2D eigenvalue weighted by Crippen LogP contribution is 2.44. The van der Waals surface area contributed by atoms with Crippen LogP contribution in [0.2, 0.25) is 5.02 Å². The highest BCUT2D eigenvalue weighted by Gasteiger charge is 2.40. The lowest BCUT2D eigenvalue weighted by Crippen LogP contribution is -2.45. The summed E-state index contributed by atoms with van der Waals surface area (Å²) in [6.07, 6.45) is 8.92. The van der Waals surface area contributed by atoms with Crippen LogP contribution < -0.4 is 5.32 Å². The predicted molar refractivity (Wildman–Crippen MR) is 136 cm³/mol. The first kappa shape index (κ1) is 23.0. The Morgan fingerprint density at radius 2 is 2.03 bits per heavy atom. The van der Waals surface area contributed by atoms with Gasteiger partial charge < -0.3 is 5.32 Å². The number of carbonyl (C=O) groups excluding carboxylic acids is 1. The number of aryl methyl sites for hydroxylation is 2. The van der Waals surface area contributed by atoms with Gasteiger partial charge in [0.05, 0.1) is 17.8 Å². The Hall–Kier alpha value is -1.80. The third-order valence-corrected chi connectivity index (χ3v) is 7.77. The fraction of sp³-hybridized carbons (Fsp3) is 0.320. The van der Waals surface area contributed by atoms with Crippen LogP contribution in [0.15, 0.2) is 57.9 Å². The largest absolute Gasteiger partial charge is 0.351 e. The second-order valence-electron chi connectivity index (χ2n) is 8.54. The van der Waals surface area contributed by atoms with Gasteiger partial charge in [-0.15, -0.1) is 0 Å². The minimum absolute atomic E-state index is 0.0471. The first-order valence-corrected chi connectivity index (χ1v) is 13.0. The van der Waals surface area contributed by atoms with Crippen LogP contribution in [0, 0.1) is 0 Å². The molecule has 0 bridgehead atoms. The van der Waals surface area contributed by atoms with Gasteiger partial charge in [0.2, 0.25) is 5.91 Å². The van der Waals surface area contributed by atoms with Gasteiger partial charge in [-0.1, -0.05) is 33.6 Å². The molecule has 1 aromatic carbocycles. The lowest BCUT2D eigenvalue weighted by atomic mass is 9.96. The van der Waals surface area contributed by atoms with E-state index in [9.17, 15) is 4.79 Å². The van der Waals surface area contributed by atoms with E-state index in [0.29, 0.717) is 11.6 Å². The molecule has 0 saturated carbocycles. The molecule has 2 aliphatic rings. The summed E-state index contributed by atoms with van der Waals surface area (Å²) < 4.78 is 1.93. The summed E-state index contributed by atoms with van der Waals surface area (Å²) in [5, 5.41) is 3.84. The molecule has 3 aromatic rings. The lowest BCUT2D eigenvalue weighted by Gasteiger charge is -2.34. The SMILES string of the molecule is O=C(NCc1cccnc1)[C@@H]1CCCN1C1c2ncc(Br)cc2CCc2cc(Cl)cc(Br)c21. The van der Waals surface area contributed by atoms with Crippen molar-refractivity contribution in [2.75, 3.05) is 6.54 Å². The Labute approximate surface area is 215 Å². The number of nitrogens with zero attached hydrogens (tertiary/aromatic N) is 3. The molecule has 1 unspecified atom stereocenters. The maximum atomic E-state index is 13.3. The zero-order chi connectivity index (χ0) is 22.9.